The van der Waals surface area contributed by atoms with Crippen molar-refractivity contribution in [2.75, 3.05) is 39.3 Å². The normalized spacial score (nSPS) is 17.2. The van der Waals surface area contributed by atoms with Crippen LogP contribution in [0.2, 0.25) is 0 Å². The Balaban J connectivity index is 1.72. The lowest BCUT2D eigenvalue weighted by molar-refractivity contribution is -0.126. The van der Waals surface area contributed by atoms with Crippen molar-refractivity contribution in [2.24, 2.45) is 10.8 Å². The molecule has 10 heteroatoms. The second kappa shape index (κ2) is 12.5. The van der Waals surface area contributed by atoms with Crippen LogP contribution in [0.5, 0.6) is 0 Å². The number of carbonyl (C=O) groups is 4. The van der Waals surface area contributed by atoms with Crippen LogP contribution >= 0.6 is 24.4 Å². The number of hydrogen-bond donors (Lipinski definition) is 0. The maximum atomic E-state index is 12.5. The number of ketones is 2. The van der Waals surface area contributed by atoms with E-state index in [0.29, 0.717) is 51.9 Å². The Morgan fingerprint density at radius 3 is 1.64 bits per heavy atom. The third kappa shape index (κ3) is 8.30. The molecule has 202 valence electrons. The van der Waals surface area contributed by atoms with Gasteiger partial charge in [0, 0.05) is 51.9 Å². The molecule has 36 heavy (non-hydrogen) atoms. The lowest BCUT2D eigenvalue weighted by atomic mass is 9.85. The fourth-order valence-corrected chi connectivity index (χ4v) is 5.22. The van der Waals surface area contributed by atoms with E-state index in [1.807, 2.05) is 25.7 Å². The summed E-state index contributed by atoms with van der Waals surface area (Å²) in [7, 11) is 0. The molecule has 2 aliphatic rings. The van der Waals surface area contributed by atoms with Crippen LogP contribution in [0.15, 0.2) is 0 Å². The first-order valence-corrected chi connectivity index (χ1v) is 13.7. The molecule has 0 spiro atoms. The number of rotatable bonds is 15. The quantitative estimate of drug-likeness (QED) is 0.228. The molecule has 2 heterocycles. The number of imide groups is 1. The van der Waals surface area contributed by atoms with Crippen LogP contribution in [0.1, 0.15) is 80.1 Å². The highest BCUT2D eigenvalue weighted by Crippen LogP contribution is 2.28. The highest BCUT2D eigenvalue weighted by molar-refractivity contribution is 7.82. The summed E-state index contributed by atoms with van der Waals surface area (Å²) in [6, 6.07) is -0.258. The number of thiocarbonyl (C=S) groups is 2. The number of amides is 3. The van der Waals surface area contributed by atoms with Gasteiger partial charge in [0.05, 0.1) is 6.54 Å². The van der Waals surface area contributed by atoms with Gasteiger partial charge in [-0.3, -0.25) is 19.3 Å². The summed E-state index contributed by atoms with van der Waals surface area (Å²) in [5.74, 6) is -0.0615. The summed E-state index contributed by atoms with van der Waals surface area (Å²) < 4.78 is 0. The Hall–Kier alpha value is -1.94. The second-order valence-corrected chi connectivity index (χ2v) is 12.3. The van der Waals surface area contributed by atoms with Crippen molar-refractivity contribution in [3.63, 3.8) is 0 Å². The van der Waals surface area contributed by atoms with Gasteiger partial charge in [-0.2, -0.15) is 0 Å². The molecule has 2 fully saturated rings. The maximum absolute atomic E-state index is 12.5. The minimum atomic E-state index is -0.372. The van der Waals surface area contributed by atoms with E-state index >= 15 is 0 Å². The molecular weight excluding hydrogens is 496 g/mol. The van der Waals surface area contributed by atoms with Crippen molar-refractivity contribution in [3.05, 3.63) is 0 Å². The van der Waals surface area contributed by atoms with E-state index in [0.717, 1.165) is 16.6 Å². The third-order valence-electron chi connectivity index (χ3n) is 7.04. The van der Waals surface area contributed by atoms with E-state index in [-0.39, 0.29) is 53.7 Å². The lowest BCUT2D eigenvalue weighted by Crippen LogP contribution is -2.40. The van der Waals surface area contributed by atoms with Crippen LogP contribution in [-0.2, 0) is 14.4 Å². The predicted molar refractivity (Wildman–Crippen MR) is 149 cm³/mol. The number of Topliss-reactive ketones (excluding diaryl/α,β-unsaturated/α-hetero) is 2. The van der Waals surface area contributed by atoms with Gasteiger partial charge >= 0.3 is 6.03 Å². The van der Waals surface area contributed by atoms with Gasteiger partial charge in [0.1, 0.15) is 23.1 Å². The SMILES string of the molecule is CCN1CC(=O)N(CC(C)(C)CCC(=O)CCC(=O)CCC(C)(C)CN2C(=S)CN(CC)C2=S)C1=O. The molecule has 0 aromatic rings. The minimum absolute atomic E-state index is 0.0392. The molecule has 2 aliphatic heterocycles. The molecule has 0 unspecified atom stereocenters. The van der Waals surface area contributed by atoms with Crippen molar-refractivity contribution < 1.29 is 19.2 Å². The summed E-state index contributed by atoms with van der Waals surface area (Å²) in [5, 5.41) is 0.761. The summed E-state index contributed by atoms with van der Waals surface area (Å²) in [6.45, 7) is 15.2. The molecule has 2 rings (SSSR count). The average Bonchev–Trinajstić information content (AvgIpc) is 3.23. The van der Waals surface area contributed by atoms with Crippen LogP contribution in [0.25, 0.3) is 0 Å². The van der Waals surface area contributed by atoms with Gasteiger partial charge in [-0.15, -0.1) is 0 Å². The monoisotopic (exact) mass is 538 g/mol. The first kappa shape index (κ1) is 30.3. The molecule has 0 N–H and O–H groups in total. The molecule has 0 aromatic heterocycles. The Kier molecular flexibility index (Phi) is 10.5. The number of nitrogens with zero attached hydrogens (tertiary/aromatic N) is 4. The summed E-state index contributed by atoms with van der Waals surface area (Å²) in [6.07, 6.45) is 2.48. The Labute approximate surface area is 226 Å². The van der Waals surface area contributed by atoms with Crippen LogP contribution in [0, 0.1) is 10.8 Å². The molecule has 0 aromatic carbocycles. The summed E-state index contributed by atoms with van der Waals surface area (Å²) in [4.78, 5) is 57.2. The zero-order chi connectivity index (χ0) is 27.3. The third-order valence-corrected chi connectivity index (χ3v) is 7.86. The molecule has 0 atom stereocenters. The number of carbonyl (C=O) groups excluding carboxylic acids is 4. The summed E-state index contributed by atoms with van der Waals surface area (Å²) >= 11 is 11.0. The molecule has 2 saturated heterocycles. The fraction of sp³-hybridized carbons (Fsp3) is 0.769. The van der Waals surface area contributed by atoms with Crippen molar-refractivity contribution >= 4 is 58.0 Å². The van der Waals surface area contributed by atoms with Crippen LogP contribution in [0.3, 0.4) is 0 Å². The fourth-order valence-electron chi connectivity index (χ4n) is 4.49. The van der Waals surface area contributed by atoms with Gasteiger partial charge < -0.3 is 14.7 Å². The van der Waals surface area contributed by atoms with Crippen molar-refractivity contribution in [1.29, 1.82) is 0 Å². The van der Waals surface area contributed by atoms with E-state index in [2.05, 4.69) is 25.7 Å². The second-order valence-electron chi connectivity index (χ2n) is 11.5. The highest BCUT2D eigenvalue weighted by Gasteiger charge is 2.38. The molecule has 0 aliphatic carbocycles. The highest BCUT2D eigenvalue weighted by atomic mass is 32.1. The average molecular weight is 539 g/mol. The van der Waals surface area contributed by atoms with Crippen LogP contribution in [0.4, 0.5) is 4.79 Å². The van der Waals surface area contributed by atoms with Gasteiger partial charge in [-0.25, -0.2) is 4.79 Å². The topological polar surface area (TPSA) is 81.2 Å². The zero-order valence-electron chi connectivity index (χ0n) is 22.7. The predicted octanol–water partition coefficient (Wildman–Crippen LogP) is 4.05. The standard InChI is InChI=1S/C26H42N4O4S2/c1-7-27-15-21(33)29(23(27)34)17-25(3,4)13-11-19(31)9-10-20(32)12-14-26(5,6)18-30-22(35)16-28(8-2)24(30)36/h7-18H2,1-6H3. The molecule has 0 bridgehead atoms. The van der Waals surface area contributed by atoms with E-state index < -0.39 is 0 Å². The molecule has 3 amide bonds. The molecule has 0 saturated carbocycles. The van der Waals surface area contributed by atoms with Gasteiger partial charge in [-0.05, 0) is 49.7 Å². The zero-order valence-corrected chi connectivity index (χ0v) is 24.4. The van der Waals surface area contributed by atoms with Gasteiger partial charge in [0.2, 0.25) is 5.91 Å². The Morgan fingerprint density at radius 2 is 1.22 bits per heavy atom. The van der Waals surface area contributed by atoms with E-state index in [4.69, 9.17) is 24.4 Å². The molecule has 0 radical (unpaired) electrons. The molecule has 8 nitrogen and oxygen atoms in total. The number of hydrogen-bond acceptors (Lipinski definition) is 6. The maximum Gasteiger partial charge on any atom is 0.327 e. The van der Waals surface area contributed by atoms with Crippen LogP contribution < -0.4 is 0 Å². The Morgan fingerprint density at radius 1 is 0.750 bits per heavy atom. The smallest absolute Gasteiger partial charge is 0.327 e. The van der Waals surface area contributed by atoms with Crippen molar-refractivity contribution in [2.45, 2.75) is 80.1 Å². The van der Waals surface area contributed by atoms with E-state index in [1.165, 1.54) is 9.80 Å². The van der Waals surface area contributed by atoms with Gasteiger partial charge in [-0.1, -0.05) is 39.9 Å². The van der Waals surface area contributed by atoms with Crippen molar-refractivity contribution in [3.8, 4) is 0 Å². The minimum Gasteiger partial charge on any atom is -0.342 e. The largest absolute Gasteiger partial charge is 0.342 e. The lowest BCUT2D eigenvalue weighted by Gasteiger charge is -2.31. The van der Waals surface area contributed by atoms with Gasteiger partial charge in [0.15, 0.2) is 5.11 Å². The number of likely N-dealkylation sites (N-methyl/N-ethyl adjacent to an activating group) is 2. The first-order chi connectivity index (χ1) is 16.7. The van der Waals surface area contributed by atoms with Crippen molar-refractivity contribution in [1.82, 2.24) is 19.6 Å². The first-order valence-electron chi connectivity index (χ1n) is 12.9. The van der Waals surface area contributed by atoms with E-state index in [1.54, 1.807) is 0 Å². The number of urea groups is 1. The van der Waals surface area contributed by atoms with Crippen LogP contribution in [-0.4, -0.2) is 92.5 Å². The van der Waals surface area contributed by atoms with Gasteiger partial charge in [0.25, 0.3) is 0 Å². The summed E-state index contributed by atoms with van der Waals surface area (Å²) in [5.41, 5.74) is -0.512. The van der Waals surface area contributed by atoms with E-state index in [9.17, 15) is 19.2 Å². The molecular formula is C26H42N4O4S2. The Bertz CT molecular complexity index is 830.